The van der Waals surface area contributed by atoms with Crippen LogP contribution < -0.4 is 4.74 Å². The number of benzene rings is 4. The van der Waals surface area contributed by atoms with Gasteiger partial charge in [-0.15, -0.1) is 0 Å². The number of aliphatic imine (C=N–C) groups is 1. The highest BCUT2D eigenvalue weighted by molar-refractivity contribution is 7.91. The van der Waals surface area contributed by atoms with Gasteiger partial charge in [-0.3, -0.25) is 4.79 Å². The highest BCUT2D eigenvalue weighted by Crippen LogP contribution is 2.56. The number of sulfone groups is 1. The number of nitrogens with zero attached hydrogens (tertiary/aromatic N) is 2. The molecule has 0 N–H and O–H groups in total. The zero-order valence-corrected chi connectivity index (χ0v) is 31.4. The molecule has 9 nitrogen and oxygen atoms in total. The van der Waals surface area contributed by atoms with Crippen molar-refractivity contribution in [2.24, 2.45) is 4.99 Å². The van der Waals surface area contributed by atoms with Gasteiger partial charge in [0.1, 0.15) is 46.9 Å². The molecule has 1 aliphatic carbocycles. The molecule has 0 radical (unpaired) electrons. The number of hydrogen-bond donors (Lipinski definition) is 0. The Hall–Kier alpha value is -5.03. The molecule has 0 aromatic heterocycles. The first-order valence-electron chi connectivity index (χ1n) is 18.6. The summed E-state index contributed by atoms with van der Waals surface area (Å²) in [6, 6.07) is 30.7. The summed E-state index contributed by atoms with van der Waals surface area (Å²) in [7, 11) is -3.14. The van der Waals surface area contributed by atoms with Crippen molar-refractivity contribution in [3.8, 4) is 5.75 Å². The third kappa shape index (κ3) is 9.74. The summed E-state index contributed by atoms with van der Waals surface area (Å²) in [5, 5.41) is 0. The maximum Gasteiger partial charge on any atom is 0.435 e. The summed E-state index contributed by atoms with van der Waals surface area (Å²) >= 11 is 0. The Bertz CT molecular complexity index is 2020. The van der Waals surface area contributed by atoms with Crippen molar-refractivity contribution in [2.75, 3.05) is 24.7 Å². The molecule has 1 amide bonds. The monoisotopic (exact) mass is 754 g/mol. The molecular formula is C43H47FN2O7S. The van der Waals surface area contributed by atoms with E-state index in [9.17, 15) is 22.4 Å². The van der Waals surface area contributed by atoms with Crippen LogP contribution in [0.15, 0.2) is 108 Å². The number of carbonyl (C=O) groups is 2. The number of amides is 1. The van der Waals surface area contributed by atoms with Crippen LogP contribution in [-0.2, 0) is 49.2 Å². The molecule has 0 spiro atoms. The zero-order chi connectivity index (χ0) is 38.0. The van der Waals surface area contributed by atoms with Crippen LogP contribution >= 0.6 is 0 Å². The van der Waals surface area contributed by atoms with Crippen LogP contribution in [-0.4, -0.2) is 55.9 Å². The van der Waals surface area contributed by atoms with E-state index in [2.05, 4.69) is 4.99 Å². The molecule has 6 rings (SSSR count). The van der Waals surface area contributed by atoms with Crippen LogP contribution in [0.5, 0.6) is 5.75 Å². The molecule has 1 unspecified atom stereocenters. The number of amidine groups is 1. The van der Waals surface area contributed by atoms with Gasteiger partial charge in [0.2, 0.25) is 0 Å². The van der Waals surface area contributed by atoms with E-state index in [1.54, 1.807) is 0 Å². The largest absolute Gasteiger partial charge is 0.494 e. The van der Waals surface area contributed by atoms with Gasteiger partial charge in [0.25, 0.3) is 0 Å². The molecule has 284 valence electrons. The van der Waals surface area contributed by atoms with Crippen molar-refractivity contribution in [1.29, 1.82) is 0 Å². The molecule has 1 heterocycles. The first kappa shape index (κ1) is 38.7. The smallest absolute Gasteiger partial charge is 0.435 e. The number of fused-ring (bicyclic) bond motifs is 1. The second-order valence-corrected chi connectivity index (χ2v) is 16.3. The van der Waals surface area contributed by atoms with E-state index in [0.717, 1.165) is 47.1 Å². The van der Waals surface area contributed by atoms with Gasteiger partial charge in [-0.05, 0) is 84.2 Å². The fourth-order valence-corrected chi connectivity index (χ4v) is 8.86. The average Bonchev–Trinajstić information content (AvgIpc) is 3.16. The van der Waals surface area contributed by atoms with E-state index < -0.39 is 33.4 Å². The van der Waals surface area contributed by atoms with Gasteiger partial charge in [0.15, 0.2) is 0 Å². The van der Waals surface area contributed by atoms with E-state index in [4.69, 9.17) is 14.2 Å². The van der Waals surface area contributed by atoms with E-state index in [0.29, 0.717) is 31.6 Å². The number of halogens is 1. The summed E-state index contributed by atoms with van der Waals surface area (Å²) in [6.45, 7) is 2.61. The summed E-state index contributed by atoms with van der Waals surface area (Å²) < 4.78 is 56.3. The molecule has 4 aromatic rings. The maximum atomic E-state index is 14.3. The van der Waals surface area contributed by atoms with E-state index in [1.807, 2.05) is 103 Å². The normalized spacial score (nSPS) is 16.5. The standard InChI is InChI=1S/C43H47FN2O7S/c1-2-26-54(49,50)27-10-25-51-37-20-15-34-21-24-46(41(38(34)28-37)43(22-9-23-43)35-16-18-36(44)19-17-35)39(29-40(47)52-30-32-11-5-3-6-12-32)45-42(48)53-31-33-13-7-4-8-14-33/h3-8,11-20,28,41H,2,9-10,21-27,29-31H2,1H3/b45-39+. The predicted octanol–water partition coefficient (Wildman–Crippen LogP) is 8.31. The lowest BCUT2D eigenvalue weighted by molar-refractivity contribution is -0.143. The van der Waals surface area contributed by atoms with Gasteiger partial charge in [-0.25, -0.2) is 17.6 Å². The van der Waals surface area contributed by atoms with Crippen LogP contribution in [0.1, 0.15) is 79.3 Å². The van der Waals surface area contributed by atoms with E-state index in [1.165, 1.54) is 12.1 Å². The van der Waals surface area contributed by atoms with Crippen LogP contribution in [0, 0.1) is 5.82 Å². The van der Waals surface area contributed by atoms with Crippen molar-refractivity contribution in [3.05, 3.63) is 137 Å². The predicted molar refractivity (Wildman–Crippen MR) is 205 cm³/mol. The number of ether oxygens (including phenoxy) is 3. The molecule has 1 aliphatic heterocycles. The molecule has 0 bridgehead atoms. The second kappa shape index (κ2) is 17.9. The molecule has 2 aliphatic rings. The van der Waals surface area contributed by atoms with Crippen molar-refractivity contribution < 1.29 is 36.6 Å². The zero-order valence-electron chi connectivity index (χ0n) is 30.6. The Morgan fingerprint density at radius 1 is 0.870 bits per heavy atom. The Morgan fingerprint density at radius 3 is 2.17 bits per heavy atom. The maximum absolute atomic E-state index is 14.3. The van der Waals surface area contributed by atoms with Crippen LogP contribution in [0.3, 0.4) is 0 Å². The van der Waals surface area contributed by atoms with Gasteiger partial charge in [0, 0.05) is 17.7 Å². The summed E-state index contributed by atoms with van der Waals surface area (Å²) in [5.74, 6) is 0.134. The Balaban J connectivity index is 1.35. The van der Waals surface area contributed by atoms with Crippen LogP contribution in [0.4, 0.5) is 9.18 Å². The van der Waals surface area contributed by atoms with Crippen molar-refractivity contribution in [3.63, 3.8) is 0 Å². The Labute approximate surface area is 317 Å². The number of carbonyl (C=O) groups excluding carboxylic acids is 2. The Kier molecular flexibility index (Phi) is 12.8. The van der Waals surface area contributed by atoms with Gasteiger partial charge < -0.3 is 19.1 Å². The fraction of sp³-hybridized carbons (Fsp3) is 0.372. The first-order valence-corrected chi connectivity index (χ1v) is 20.4. The van der Waals surface area contributed by atoms with Gasteiger partial charge in [-0.2, -0.15) is 4.99 Å². The lowest BCUT2D eigenvalue weighted by atomic mass is 9.57. The molecule has 54 heavy (non-hydrogen) atoms. The molecular weight excluding hydrogens is 708 g/mol. The van der Waals surface area contributed by atoms with Gasteiger partial charge in [0.05, 0.1) is 18.4 Å². The molecule has 11 heteroatoms. The lowest BCUT2D eigenvalue weighted by Gasteiger charge is -2.55. The SMILES string of the molecule is CCCS(=O)(=O)CCCOc1ccc2c(c1)C(C1(c3ccc(F)cc3)CCC1)N(/C(CC(=O)OCc1ccccc1)=N/C(=O)OCc1ccccc1)CC2. The number of esters is 1. The second-order valence-electron chi connectivity index (χ2n) is 14.0. The topological polar surface area (TPSA) is 112 Å². The quantitative estimate of drug-likeness (QED) is 0.0516. The molecule has 4 aromatic carbocycles. The molecule has 1 atom stereocenters. The van der Waals surface area contributed by atoms with Gasteiger partial charge >= 0.3 is 12.1 Å². The van der Waals surface area contributed by atoms with Crippen molar-refractivity contribution in [1.82, 2.24) is 4.90 Å². The van der Waals surface area contributed by atoms with E-state index in [-0.39, 0.29) is 49.4 Å². The highest BCUT2D eigenvalue weighted by Gasteiger charge is 2.51. The number of hydrogen-bond acceptors (Lipinski definition) is 7. The molecule has 1 saturated carbocycles. The van der Waals surface area contributed by atoms with Crippen LogP contribution in [0.25, 0.3) is 0 Å². The third-order valence-corrected chi connectivity index (χ3v) is 12.2. The minimum atomic E-state index is -3.14. The van der Waals surface area contributed by atoms with Crippen molar-refractivity contribution in [2.45, 2.75) is 76.5 Å². The van der Waals surface area contributed by atoms with Crippen molar-refractivity contribution >= 4 is 27.7 Å². The minimum Gasteiger partial charge on any atom is -0.494 e. The summed E-state index contributed by atoms with van der Waals surface area (Å²) in [5.41, 5.74) is 4.11. The summed E-state index contributed by atoms with van der Waals surface area (Å²) in [6.07, 6.45) is 2.93. The highest BCUT2D eigenvalue weighted by atomic mass is 32.2. The van der Waals surface area contributed by atoms with Gasteiger partial charge in [-0.1, -0.05) is 92.2 Å². The molecule has 0 saturated heterocycles. The fourth-order valence-electron chi connectivity index (χ4n) is 7.48. The minimum absolute atomic E-state index is 0.0150. The Morgan fingerprint density at radius 2 is 1.54 bits per heavy atom. The molecule has 1 fully saturated rings. The third-order valence-electron chi connectivity index (χ3n) is 10.2. The lowest BCUT2D eigenvalue weighted by Crippen LogP contribution is -2.53. The van der Waals surface area contributed by atoms with E-state index >= 15 is 0 Å². The average molecular weight is 755 g/mol. The van der Waals surface area contributed by atoms with Crippen LogP contribution in [0.2, 0.25) is 0 Å². The summed E-state index contributed by atoms with van der Waals surface area (Å²) in [4.78, 5) is 33.5. The first-order chi connectivity index (χ1) is 26.2. The number of rotatable bonds is 15.